The fraction of sp³-hybridized carbons (Fsp3) is 0.211. The van der Waals surface area contributed by atoms with Crippen LogP contribution in [-0.4, -0.2) is 36.7 Å². The van der Waals surface area contributed by atoms with Gasteiger partial charge in [-0.2, -0.15) is 0 Å². The minimum absolute atomic E-state index is 0.00663. The molecule has 0 atom stereocenters. The van der Waals surface area contributed by atoms with Crippen molar-refractivity contribution in [2.75, 3.05) is 19.0 Å². The van der Waals surface area contributed by atoms with Gasteiger partial charge in [-0.05, 0) is 30.2 Å². The normalized spacial score (nSPS) is 13.2. The average Bonchev–Trinajstić information content (AvgIpc) is 2.84. The standard InChI is InChI=1S/C19H18N2O3/c1-20(2)17(22)12-11-13-7-3-6-10-16(13)21-18(23)14-8-4-5-9-15(14)19(21)24/h3-10H,11-12H2,1-2H3. The van der Waals surface area contributed by atoms with Crippen molar-refractivity contribution in [1.29, 1.82) is 0 Å². The van der Waals surface area contributed by atoms with Gasteiger partial charge in [-0.1, -0.05) is 30.3 Å². The van der Waals surface area contributed by atoms with E-state index in [0.717, 1.165) is 5.56 Å². The van der Waals surface area contributed by atoms with E-state index >= 15 is 0 Å². The van der Waals surface area contributed by atoms with Crippen LogP contribution in [0.1, 0.15) is 32.7 Å². The number of para-hydroxylation sites is 1. The Morgan fingerprint density at radius 1 is 0.917 bits per heavy atom. The highest BCUT2D eigenvalue weighted by molar-refractivity contribution is 6.34. The lowest BCUT2D eigenvalue weighted by Crippen LogP contribution is -2.30. The minimum atomic E-state index is -0.318. The summed E-state index contributed by atoms with van der Waals surface area (Å²) in [5.74, 6) is -0.629. The van der Waals surface area contributed by atoms with Crippen LogP contribution < -0.4 is 4.90 Å². The van der Waals surface area contributed by atoms with E-state index in [4.69, 9.17) is 0 Å². The van der Waals surface area contributed by atoms with Gasteiger partial charge < -0.3 is 4.90 Å². The molecule has 0 radical (unpaired) electrons. The van der Waals surface area contributed by atoms with Crippen molar-refractivity contribution in [3.63, 3.8) is 0 Å². The maximum Gasteiger partial charge on any atom is 0.266 e. The zero-order chi connectivity index (χ0) is 17.3. The largest absolute Gasteiger partial charge is 0.349 e. The zero-order valence-electron chi connectivity index (χ0n) is 13.7. The Morgan fingerprint density at radius 2 is 1.46 bits per heavy atom. The topological polar surface area (TPSA) is 57.7 Å². The average molecular weight is 322 g/mol. The van der Waals surface area contributed by atoms with Gasteiger partial charge >= 0.3 is 0 Å². The van der Waals surface area contributed by atoms with Crippen molar-refractivity contribution in [2.45, 2.75) is 12.8 Å². The van der Waals surface area contributed by atoms with Gasteiger partial charge in [0.15, 0.2) is 0 Å². The molecule has 3 rings (SSSR count). The van der Waals surface area contributed by atoms with Gasteiger partial charge in [0, 0.05) is 20.5 Å². The molecule has 0 unspecified atom stereocenters. The second kappa shape index (κ2) is 6.28. The minimum Gasteiger partial charge on any atom is -0.349 e. The van der Waals surface area contributed by atoms with Crippen LogP contribution in [0.4, 0.5) is 5.69 Å². The zero-order valence-corrected chi connectivity index (χ0v) is 13.7. The number of aryl methyl sites for hydroxylation is 1. The Balaban J connectivity index is 1.93. The van der Waals surface area contributed by atoms with Crippen molar-refractivity contribution < 1.29 is 14.4 Å². The highest BCUT2D eigenvalue weighted by Gasteiger charge is 2.37. The van der Waals surface area contributed by atoms with Crippen molar-refractivity contribution in [3.8, 4) is 0 Å². The van der Waals surface area contributed by atoms with E-state index in [1.165, 1.54) is 9.80 Å². The smallest absolute Gasteiger partial charge is 0.266 e. The van der Waals surface area contributed by atoms with E-state index in [9.17, 15) is 14.4 Å². The highest BCUT2D eigenvalue weighted by atomic mass is 16.2. The molecule has 0 saturated heterocycles. The molecule has 1 aliphatic rings. The summed E-state index contributed by atoms with van der Waals surface area (Å²) in [4.78, 5) is 39.8. The molecule has 0 aliphatic carbocycles. The molecular formula is C19H18N2O3. The Morgan fingerprint density at radius 3 is 2.04 bits per heavy atom. The molecule has 122 valence electrons. The first kappa shape index (κ1) is 15.9. The summed E-state index contributed by atoms with van der Waals surface area (Å²) in [6.07, 6.45) is 0.799. The Bertz CT molecular complexity index is 792. The van der Waals surface area contributed by atoms with Gasteiger partial charge in [-0.25, -0.2) is 4.90 Å². The molecule has 5 heteroatoms. The van der Waals surface area contributed by atoms with Gasteiger partial charge in [0.25, 0.3) is 11.8 Å². The van der Waals surface area contributed by atoms with Gasteiger partial charge in [0.2, 0.25) is 5.91 Å². The monoisotopic (exact) mass is 322 g/mol. The number of rotatable bonds is 4. The number of fused-ring (bicyclic) bond motifs is 1. The molecule has 0 saturated carbocycles. The predicted octanol–water partition coefficient (Wildman–Crippen LogP) is 2.51. The molecule has 0 bridgehead atoms. The molecule has 0 aromatic heterocycles. The van der Waals surface area contributed by atoms with Crippen LogP contribution in [-0.2, 0) is 11.2 Å². The molecular weight excluding hydrogens is 304 g/mol. The second-order valence-corrected chi connectivity index (χ2v) is 5.91. The van der Waals surface area contributed by atoms with E-state index in [0.29, 0.717) is 29.7 Å². The molecule has 5 nitrogen and oxygen atoms in total. The van der Waals surface area contributed by atoms with Gasteiger partial charge in [-0.3, -0.25) is 14.4 Å². The Hall–Kier alpha value is -2.95. The van der Waals surface area contributed by atoms with Crippen LogP contribution in [0.2, 0.25) is 0 Å². The number of anilines is 1. The van der Waals surface area contributed by atoms with Crippen LogP contribution in [0.5, 0.6) is 0 Å². The van der Waals surface area contributed by atoms with Crippen molar-refractivity contribution >= 4 is 23.4 Å². The summed E-state index contributed by atoms with van der Waals surface area (Å²) < 4.78 is 0. The molecule has 2 aromatic rings. The van der Waals surface area contributed by atoms with E-state index in [1.54, 1.807) is 50.5 Å². The first-order valence-corrected chi connectivity index (χ1v) is 7.76. The number of imide groups is 1. The number of nitrogens with zero attached hydrogens (tertiary/aromatic N) is 2. The third kappa shape index (κ3) is 2.69. The lowest BCUT2D eigenvalue weighted by Gasteiger charge is -2.18. The molecule has 0 spiro atoms. The van der Waals surface area contributed by atoms with Crippen molar-refractivity contribution in [1.82, 2.24) is 4.90 Å². The van der Waals surface area contributed by atoms with Gasteiger partial charge in [0.1, 0.15) is 0 Å². The quantitative estimate of drug-likeness (QED) is 0.813. The number of carbonyl (C=O) groups excluding carboxylic acids is 3. The van der Waals surface area contributed by atoms with Crippen LogP contribution in [0.25, 0.3) is 0 Å². The maximum atomic E-state index is 12.6. The van der Waals surface area contributed by atoms with E-state index < -0.39 is 0 Å². The highest BCUT2D eigenvalue weighted by Crippen LogP contribution is 2.31. The molecule has 24 heavy (non-hydrogen) atoms. The molecule has 0 N–H and O–H groups in total. The van der Waals surface area contributed by atoms with Crippen LogP contribution in [0, 0.1) is 0 Å². The summed E-state index contributed by atoms with van der Waals surface area (Å²) in [6, 6.07) is 14.0. The number of hydrogen-bond acceptors (Lipinski definition) is 3. The van der Waals surface area contributed by atoms with Crippen molar-refractivity contribution in [2.24, 2.45) is 0 Å². The van der Waals surface area contributed by atoms with Crippen LogP contribution >= 0.6 is 0 Å². The molecule has 1 heterocycles. The summed E-state index contributed by atoms with van der Waals surface area (Å²) in [7, 11) is 3.41. The Labute approximate surface area is 140 Å². The first-order valence-electron chi connectivity index (χ1n) is 7.76. The molecule has 2 aromatic carbocycles. The lowest BCUT2D eigenvalue weighted by molar-refractivity contribution is -0.128. The number of amides is 3. The fourth-order valence-corrected chi connectivity index (χ4v) is 2.81. The van der Waals surface area contributed by atoms with Gasteiger partial charge in [-0.15, -0.1) is 0 Å². The third-order valence-corrected chi connectivity index (χ3v) is 4.13. The maximum absolute atomic E-state index is 12.6. The molecule has 3 amide bonds. The molecule has 0 fully saturated rings. The van der Waals surface area contributed by atoms with E-state index in [2.05, 4.69) is 0 Å². The lowest BCUT2D eigenvalue weighted by atomic mass is 10.1. The van der Waals surface area contributed by atoms with Gasteiger partial charge in [0.05, 0.1) is 16.8 Å². The van der Waals surface area contributed by atoms with E-state index in [-0.39, 0.29) is 17.7 Å². The molecule has 1 aliphatic heterocycles. The summed E-state index contributed by atoms with van der Waals surface area (Å²) in [5.41, 5.74) is 2.20. The van der Waals surface area contributed by atoms with Crippen molar-refractivity contribution in [3.05, 3.63) is 65.2 Å². The summed E-state index contributed by atoms with van der Waals surface area (Å²) in [5, 5.41) is 0. The summed E-state index contributed by atoms with van der Waals surface area (Å²) >= 11 is 0. The number of benzene rings is 2. The summed E-state index contributed by atoms with van der Waals surface area (Å²) in [6.45, 7) is 0. The number of hydrogen-bond donors (Lipinski definition) is 0. The number of carbonyl (C=O) groups is 3. The van der Waals surface area contributed by atoms with E-state index in [1.807, 2.05) is 12.1 Å². The third-order valence-electron chi connectivity index (χ3n) is 4.13. The SMILES string of the molecule is CN(C)C(=O)CCc1ccccc1N1C(=O)c2ccccc2C1=O. The van der Waals surface area contributed by atoms with Crippen LogP contribution in [0.3, 0.4) is 0 Å². The second-order valence-electron chi connectivity index (χ2n) is 5.91. The first-order chi connectivity index (χ1) is 11.5. The fourth-order valence-electron chi connectivity index (χ4n) is 2.81. The Kier molecular flexibility index (Phi) is 4.16. The van der Waals surface area contributed by atoms with Crippen LogP contribution in [0.15, 0.2) is 48.5 Å². The predicted molar refractivity (Wildman–Crippen MR) is 91.0 cm³/mol.